The van der Waals surface area contributed by atoms with Gasteiger partial charge in [0.05, 0.1) is 22.5 Å². The molecule has 28 heavy (non-hydrogen) atoms. The second kappa shape index (κ2) is 9.59. The summed E-state index contributed by atoms with van der Waals surface area (Å²) in [6, 6.07) is 6.97. The van der Waals surface area contributed by atoms with Crippen LogP contribution < -0.4 is 0 Å². The van der Waals surface area contributed by atoms with Gasteiger partial charge in [0, 0.05) is 13.1 Å². The van der Waals surface area contributed by atoms with Gasteiger partial charge in [0.25, 0.3) is 12.4 Å². The van der Waals surface area contributed by atoms with Crippen LogP contribution in [0.15, 0.2) is 30.6 Å². The van der Waals surface area contributed by atoms with Gasteiger partial charge in [0.15, 0.2) is 0 Å². The van der Waals surface area contributed by atoms with E-state index in [-0.39, 0.29) is 12.4 Å². The molecule has 1 aliphatic heterocycles. The number of aryl methyl sites for hydroxylation is 2. The zero-order valence-corrected chi connectivity index (χ0v) is 15.8. The lowest BCUT2D eigenvalue weighted by atomic mass is 9.98. The number of aromatic carboxylic acids is 1. The Morgan fingerprint density at radius 3 is 2.29 bits per heavy atom. The van der Waals surface area contributed by atoms with Crippen molar-refractivity contribution < 1.29 is 24.6 Å². The van der Waals surface area contributed by atoms with Gasteiger partial charge in [-0.15, -0.1) is 0 Å². The molecule has 1 saturated heterocycles. The van der Waals surface area contributed by atoms with Gasteiger partial charge in [-0.25, -0.2) is 14.8 Å². The minimum absolute atomic E-state index is 0.000625. The average molecular weight is 385 g/mol. The highest BCUT2D eigenvalue weighted by Crippen LogP contribution is 2.24. The van der Waals surface area contributed by atoms with E-state index in [2.05, 4.69) is 9.97 Å². The number of aromatic nitrogens is 2. The summed E-state index contributed by atoms with van der Waals surface area (Å²) >= 11 is 0. The van der Waals surface area contributed by atoms with Crippen LogP contribution in [0.4, 0.5) is 0 Å². The summed E-state index contributed by atoms with van der Waals surface area (Å²) in [5.74, 6) is -0.538. The molecule has 1 aromatic carbocycles. The van der Waals surface area contributed by atoms with Gasteiger partial charge in [-0.3, -0.25) is 9.59 Å². The van der Waals surface area contributed by atoms with Gasteiger partial charge in [-0.05, 0) is 50.3 Å². The van der Waals surface area contributed by atoms with E-state index in [0.717, 1.165) is 24.9 Å². The van der Waals surface area contributed by atoms with Crippen LogP contribution in [0.3, 0.4) is 0 Å². The highest BCUT2D eigenvalue weighted by Gasteiger charge is 2.29. The first-order valence-corrected chi connectivity index (χ1v) is 8.85. The fourth-order valence-corrected chi connectivity index (χ4v) is 3.36. The van der Waals surface area contributed by atoms with Crippen LogP contribution >= 0.6 is 0 Å². The van der Waals surface area contributed by atoms with Gasteiger partial charge < -0.3 is 15.1 Å². The maximum atomic E-state index is 12.8. The molecule has 0 radical (unpaired) electrons. The van der Waals surface area contributed by atoms with Crippen molar-refractivity contribution in [1.29, 1.82) is 0 Å². The summed E-state index contributed by atoms with van der Waals surface area (Å²) in [4.78, 5) is 42.2. The van der Waals surface area contributed by atoms with Crippen LogP contribution in [0.1, 0.15) is 44.1 Å². The number of nitrogens with zero attached hydrogens (tertiary/aromatic N) is 3. The lowest BCUT2D eigenvalue weighted by Crippen LogP contribution is -2.30. The summed E-state index contributed by atoms with van der Waals surface area (Å²) in [7, 11) is 0. The Labute approximate surface area is 162 Å². The predicted octanol–water partition coefficient (Wildman–Crippen LogP) is 2.20. The average Bonchev–Trinajstić information content (AvgIpc) is 3.11. The Morgan fingerprint density at radius 1 is 1.18 bits per heavy atom. The molecule has 0 aliphatic carbocycles. The van der Waals surface area contributed by atoms with E-state index in [1.165, 1.54) is 6.33 Å². The zero-order valence-electron chi connectivity index (χ0n) is 15.8. The normalized spacial score (nSPS) is 15.5. The second-order valence-corrected chi connectivity index (χ2v) is 6.64. The predicted molar refractivity (Wildman–Crippen MR) is 101 cm³/mol. The van der Waals surface area contributed by atoms with Crippen molar-refractivity contribution in [3.63, 3.8) is 0 Å². The number of amides is 1. The van der Waals surface area contributed by atoms with Gasteiger partial charge in [-0.2, -0.15) is 0 Å². The lowest BCUT2D eigenvalue weighted by Gasteiger charge is -2.18. The number of benzene rings is 1. The molecule has 0 spiro atoms. The van der Waals surface area contributed by atoms with Crippen molar-refractivity contribution in [2.24, 2.45) is 5.92 Å². The molecule has 0 saturated carbocycles. The standard InChI is InChI=1S/C19H21N3O3.CH2O2/c1-12-17(13(2)21-11-20-12)18(23)22-8-7-15(10-22)9-14-3-5-16(6-4-14)19(24)25;2-1-3/h3-6,11,15H,7-10H2,1-2H3,(H,24,25);1H,(H,2,3). The summed E-state index contributed by atoms with van der Waals surface area (Å²) < 4.78 is 0. The molecule has 2 heterocycles. The number of likely N-dealkylation sites (tertiary alicyclic amines) is 1. The van der Waals surface area contributed by atoms with E-state index >= 15 is 0 Å². The molecule has 8 heteroatoms. The third-order valence-electron chi connectivity index (χ3n) is 4.74. The van der Waals surface area contributed by atoms with E-state index < -0.39 is 5.97 Å². The Morgan fingerprint density at radius 2 is 1.75 bits per heavy atom. The third-order valence-corrected chi connectivity index (χ3v) is 4.74. The number of carboxylic acid groups (broad SMARTS) is 2. The van der Waals surface area contributed by atoms with Crippen LogP contribution in [0.5, 0.6) is 0 Å². The molecular weight excluding hydrogens is 362 g/mol. The van der Waals surface area contributed by atoms with Crippen LogP contribution in [0, 0.1) is 19.8 Å². The SMILES string of the molecule is Cc1ncnc(C)c1C(=O)N1CCC(Cc2ccc(C(=O)O)cc2)C1.O=CO. The molecule has 1 fully saturated rings. The molecular formula is C20H23N3O5. The van der Waals surface area contributed by atoms with E-state index in [1.807, 2.05) is 30.9 Å². The fourth-order valence-electron chi connectivity index (χ4n) is 3.36. The van der Waals surface area contributed by atoms with Gasteiger partial charge in [0.1, 0.15) is 6.33 Å². The first kappa shape index (κ1) is 21.0. The van der Waals surface area contributed by atoms with Gasteiger partial charge in [-0.1, -0.05) is 12.1 Å². The molecule has 2 N–H and O–H groups in total. The maximum absolute atomic E-state index is 12.8. The molecule has 1 aromatic heterocycles. The number of hydrogen-bond acceptors (Lipinski definition) is 5. The Hall–Kier alpha value is -3.29. The van der Waals surface area contributed by atoms with Gasteiger partial charge >= 0.3 is 5.97 Å². The highest BCUT2D eigenvalue weighted by molar-refractivity contribution is 5.96. The van der Waals surface area contributed by atoms with E-state index in [0.29, 0.717) is 35.0 Å². The Balaban J connectivity index is 0.000000878. The number of carbonyl (C=O) groups excluding carboxylic acids is 1. The zero-order chi connectivity index (χ0) is 20.7. The Kier molecular flexibility index (Phi) is 7.20. The van der Waals surface area contributed by atoms with Crippen molar-refractivity contribution in [3.8, 4) is 0 Å². The number of carboxylic acids is 1. The molecule has 1 aliphatic rings. The highest BCUT2D eigenvalue weighted by atomic mass is 16.4. The summed E-state index contributed by atoms with van der Waals surface area (Å²) in [5, 5.41) is 15.8. The molecule has 3 rings (SSSR count). The minimum atomic E-state index is -0.917. The van der Waals surface area contributed by atoms with Gasteiger partial charge in [0.2, 0.25) is 0 Å². The third kappa shape index (κ3) is 5.12. The van der Waals surface area contributed by atoms with Crippen molar-refractivity contribution >= 4 is 18.3 Å². The van der Waals surface area contributed by atoms with Crippen LogP contribution in [-0.4, -0.2) is 56.5 Å². The van der Waals surface area contributed by atoms with Crippen molar-refractivity contribution in [2.75, 3.05) is 13.1 Å². The van der Waals surface area contributed by atoms with E-state index in [9.17, 15) is 9.59 Å². The van der Waals surface area contributed by atoms with Crippen molar-refractivity contribution in [3.05, 3.63) is 58.7 Å². The van der Waals surface area contributed by atoms with E-state index in [1.54, 1.807) is 12.1 Å². The molecule has 1 unspecified atom stereocenters. The smallest absolute Gasteiger partial charge is 0.335 e. The minimum Gasteiger partial charge on any atom is -0.483 e. The summed E-state index contributed by atoms with van der Waals surface area (Å²) in [6.07, 6.45) is 3.26. The summed E-state index contributed by atoms with van der Waals surface area (Å²) in [5.41, 5.74) is 3.42. The molecule has 1 amide bonds. The van der Waals surface area contributed by atoms with Crippen molar-refractivity contribution in [2.45, 2.75) is 26.7 Å². The molecule has 8 nitrogen and oxygen atoms in total. The maximum Gasteiger partial charge on any atom is 0.335 e. The Bertz CT molecular complexity index is 831. The molecule has 1 atom stereocenters. The first-order valence-electron chi connectivity index (χ1n) is 8.85. The van der Waals surface area contributed by atoms with E-state index in [4.69, 9.17) is 15.0 Å². The molecule has 0 bridgehead atoms. The number of rotatable bonds is 4. The topological polar surface area (TPSA) is 121 Å². The second-order valence-electron chi connectivity index (χ2n) is 6.64. The van der Waals surface area contributed by atoms with Crippen LogP contribution in [0.2, 0.25) is 0 Å². The summed E-state index contributed by atoms with van der Waals surface area (Å²) in [6.45, 7) is 4.84. The lowest BCUT2D eigenvalue weighted by molar-refractivity contribution is -0.122. The first-order chi connectivity index (χ1) is 13.4. The quantitative estimate of drug-likeness (QED) is 0.774. The molecule has 2 aromatic rings. The number of carbonyl (C=O) groups is 3. The number of hydrogen-bond donors (Lipinski definition) is 2. The van der Waals surface area contributed by atoms with Crippen LogP contribution in [-0.2, 0) is 11.2 Å². The monoisotopic (exact) mass is 385 g/mol. The fraction of sp³-hybridized carbons (Fsp3) is 0.350. The van der Waals surface area contributed by atoms with Crippen molar-refractivity contribution in [1.82, 2.24) is 14.9 Å². The molecule has 148 valence electrons. The largest absolute Gasteiger partial charge is 0.483 e. The van der Waals surface area contributed by atoms with Crippen LogP contribution in [0.25, 0.3) is 0 Å².